The van der Waals surface area contributed by atoms with E-state index >= 15 is 0 Å². The SMILES string of the molecule is CCCCCCCCC(CC(C)Cc1c(F)c(F)c(F)c(F)c1F)C(OC)(OC)OC. The lowest BCUT2D eigenvalue weighted by atomic mass is 9.85. The third kappa shape index (κ3) is 7.12. The Kier molecular flexibility index (Phi) is 11.9. The molecule has 0 N–H and O–H groups in total. The van der Waals surface area contributed by atoms with E-state index in [1.807, 2.05) is 0 Å². The lowest BCUT2D eigenvalue weighted by molar-refractivity contribution is -0.381. The predicted molar refractivity (Wildman–Crippen MR) is 109 cm³/mol. The van der Waals surface area contributed by atoms with Crippen molar-refractivity contribution < 1.29 is 36.2 Å². The van der Waals surface area contributed by atoms with Gasteiger partial charge in [0, 0.05) is 32.8 Å². The number of unbranched alkanes of at least 4 members (excludes halogenated alkanes) is 5. The molecule has 1 aromatic rings. The molecular formula is C23H35F5O3. The Morgan fingerprint density at radius 2 is 1.16 bits per heavy atom. The van der Waals surface area contributed by atoms with Gasteiger partial charge < -0.3 is 14.2 Å². The summed E-state index contributed by atoms with van der Waals surface area (Å²) in [5, 5.41) is 0. The molecule has 0 aliphatic rings. The minimum atomic E-state index is -2.15. The quantitative estimate of drug-likeness (QED) is 0.0947. The first-order valence-electron chi connectivity index (χ1n) is 10.8. The third-order valence-corrected chi connectivity index (χ3v) is 5.80. The van der Waals surface area contributed by atoms with Crippen molar-refractivity contribution in [3.8, 4) is 0 Å². The van der Waals surface area contributed by atoms with Crippen molar-refractivity contribution in [3.63, 3.8) is 0 Å². The molecule has 1 aromatic carbocycles. The van der Waals surface area contributed by atoms with Gasteiger partial charge in [-0.2, -0.15) is 0 Å². The molecule has 1 rings (SSSR count). The van der Waals surface area contributed by atoms with Gasteiger partial charge in [-0.1, -0.05) is 52.4 Å². The van der Waals surface area contributed by atoms with Gasteiger partial charge in [0.25, 0.3) is 5.97 Å². The van der Waals surface area contributed by atoms with E-state index in [1.165, 1.54) is 27.8 Å². The molecule has 0 saturated heterocycles. The van der Waals surface area contributed by atoms with Gasteiger partial charge in [0.15, 0.2) is 23.3 Å². The molecule has 8 heteroatoms. The van der Waals surface area contributed by atoms with E-state index in [2.05, 4.69) is 6.92 Å². The van der Waals surface area contributed by atoms with Crippen LogP contribution in [-0.2, 0) is 20.6 Å². The smallest absolute Gasteiger partial charge is 0.285 e. The molecule has 3 nitrogen and oxygen atoms in total. The Bertz CT molecular complexity index is 642. The summed E-state index contributed by atoms with van der Waals surface area (Å²) in [6.45, 7) is 3.84. The Morgan fingerprint density at radius 1 is 0.710 bits per heavy atom. The zero-order chi connectivity index (χ0) is 23.6. The van der Waals surface area contributed by atoms with E-state index < -0.39 is 46.5 Å². The summed E-state index contributed by atoms with van der Waals surface area (Å²) in [6.07, 6.45) is 7.18. The highest BCUT2D eigenvalue weighted by atomic mass is 19.2. The van der Waals surface area contributed by atoms with Crippen LogP contribution in [0.4, 0.5) is 22.0 Å². The summed E-state index contributed by atoms with van der Waals surface area (Å²) in [5.74, 6) is -11.6. The second kappa shape index (κ2) is 13.3. The molecule has 0 aliphatic carbocycles. The molecule has 180 valence electrons. The average molecular weight is 455 g/mol. The van der Waals surface area contributed by atoms with E-state index in [0.717, 1.165) is 32.1 Å². The highest BCUT2D eigenvalue weighted by Crippen LogP contribution is 2.35. The van der Waals surface area contributed by atoms with Crippen molar-refractivity contribution in [2.45, 2.75) is 77.6 Å². The molecule has 0 heterocycles. The van der Waals surface area contributed by atoms with Crippen molar-refractivity contribution in [3.05, 3.63) is 34.6 Å². The van der Waals surface area contributed by atoms with Crippen molar-refractivity contribution in [2.24, 2.45) is 11.8 Å². The van der Waals surface area contributed by atoms with Crippen LogP contribution in [0.5, 0.6) is 0 Å². The molecule has 2 atom stereocenters. The van der Waals surface area contributed by atoms with E-state index in [9.17, 15) is 22.0 Å². The summed E-state index contributed by atoms with van der Waals surface area (Å²) in [6, 6.07) is 0. The minimum Gasteiger partial charge on any atom is -0.331 e. The molecule has 2 unspecified atom stereocenters. The lowest BCUT2D eigenvalue weighted by Crippen LogP contribution is -2.44. The summed E-state index contributed by atoms with van der Waals surface area (Å²) in [4.78, 5) is 0. The summed E-state index contributed by atoms with van der Waals surface area (Å²) >= 11 is 0. The fourth-order valence-electron chi connectivity index (χ4n) is 4.11. The van der Waals surface area contributed by atoms with Gasteiger partial charge in [0.1, 0.15) is 0 Å². The van der Waals surface area contributed by atoms with Crippen LogP contribution in [0.25, 0.3) is 0 Å². The molecule has 0 spiro atoms. The lowest BCUT2D eigenvalue weighted by Gasteiger charge is -2.37. The topological polar surface area (TPSA) is 27.7 Å². The standard InChI is InChI=1S/C23H35F5O3/c1-6-7-8-9-10-11-12-16(23(29-3,30-4)31-5)13-15(2)14-17-18(24)20(26)22(28)21(27)19(17)25/h15-16H,6-14H2,1-5H3. The van der Waals surface area contributed by atoms with Crippen molar-refractivity contribution >= 4 is 0 Å². The van der Waals surface area contributed by atoms with Crippen LogP contribution in [0.1, 0.15) is 70.8 Å². The van der Waals surface area contributed by atoms with Crippen LogP contribution in [0.3, 0.4) is 0 Å². The third-order valence-electron chi connectivity index (χ3n) is 5.80. The van der Waals surface area contributed by atoms with Crippen molar-refractivity contribution in [1.29, 1.82) is 0 Å². The van der Waals surface area contributed by atoms with Crippen LogP contribution < -0.4 is 0 Å². The maximum absolute atomic E-state index is 14.1. The van der Waals surface area contributed by atoms with E-state index in [1.54, 1.807) is 6.92 Å². The molecule has 0 aliphatic heterocycles. The monoisotopic (exact) mass is 454 g/mol. The number of halogens is 5. The first-order chi connectivity index (χ1) is 14.7. The highest BCUT2D eigenvalue weighted by Gasteiger charge is 2.40. The van der Waals surface area contributed by atoms with Gasteiger partial charge in [0.05, 0.1) is 0 Å². The fourth-order valence-corrected chi connectivity index (χ4v) is 4.11. The normalized spacial score (nSPS) is 14.1. The number of rotatable bonds is 15. The Labute approximate surface area is 182 Å². The summed E-state index contributed by atoms with van der Waals surface area (Å²) in [5.41, 5.74) is -0.805. The maximum Gasteiger partial charge on any atom is 0.285 e. The minimum absolute atomic E-state index is 0.296. The van der Waals surface area contributed by atoms with Gasteiger partial charge in [-0.25, -0.2) is 22.0 Å². The highest BCUT2D eigenvalue weighted by molar-refractivity contribution is 5.24. The molecule has 31 heavy (non-hydrogen) atoms. The Balaban J connectivity index is 2.96. The van der Waals surface area contributed by atoms with Crippen LogP contribution >= 0.6 is 0 Å². The van der Waals surface area contributed by atoms with Crippen LogP contribution in [0.15, 0.2) is 0 Å². The predicted octanol–water partition coefficient (Wildman–Crippen LogP) is 6.91. The number of methoxy groups -OCH3 is 3. The van der Waals surface area contributed by atoms with E-state index in [4.69, 9.17) is 14.2 Å². The van der Waals surface area contributed by atoms with Crippen molar-refractivity contribution in [2.75, 3.05) is 21.3 Å². The van der Waals surface area contributed by atoms with E-state index in [0.29, 0.717) is 12.8 Å². The van der Waals surface area contributed by atoms with E-state index in [-0.39, 0.29) is 12.3 Å². The number of ether oxygens (including phenoxy) is 3. The first-order valence-corrected chi connectivity index (χ1v) is 10.8. The maximum atomic E-state index is 14.1. The molecule has 0 aromatic heterocycles. The number of benzene rings is 1. The molecule has 0 radical (unpaired) electrons. The molecular weight excluding hydrogens is 419 g/mol. The molecule has 0 bridgehead atoms. The van der Waals surface area contributed by atoms with Crippen molar-refractivity contribution in [1.82, 2.24) is 0 Å². The molecule has 0 saturated carbocycles. The summed E-state index contributed by atoms with van der Waals surface area (Å²) < 4.78 is 85.0. The largest absolute Gasteiger partial charge is 0.331 e. The molecule has 0 fully saturated rings. The van der Waals surface area contributed by atoms with Crippen LogP contribution in [-0.4, -0.2) is 27.3 Å². The second-order valence-corrected chi connectivity index (χ2v) is 8.06. The van der Waals surface area contributed by atoms with Gasteiger partial charge in [0.2, 0.25) is 5.82 Å². The van der Waals surface area contributed by atoms with Crippen LogP contribution in [0.2, 0.25) is 0 Å². The fraction of sp³-hybridized carbons (Fsp3) is 0.739. The van der Waals surface area contributed by atoms with Crippen LogP contribution in [0, 0.1) is 40.9 Å². The summed E-state index contributed by atoms with van der Waals surface area (Å²) in [7, 11) is 4.32. The average Bonchev–Trinajstić information content (AvgIpc) is 2.77. The first kappa shape index (κ1) is 27.8. The second-order valence-electron chi connectivity index (χ2n) is 8.06. The van der Waals surface area contributed by atoms with Gasteiger partial charge in [-0.3, -0.25) is 0 Å². The zero-order valence-electron chi connectivity index (χ0n) is 19.1. The van der Waals surface area contributed by atoms with Gasteiger partial charge in [-0.05, 0) is 25.2 Å². The number of hydrogen-bond acceptors (Lipinski definition) is 3. The van der Waals surface area contributed by atoms with Gasteiger partial charge >= 0.3 is 0 Å². The Hall–Kier alpha value is -1.25. The molecule has 0 amide bonds. The number of hydrogen-bond donors (Lipinski definition) is 0. The Morgan fingerprint density at radius 3 is 1.65 bits per heavy atom. The van der Waals surface area contributed by atoms with Gasteiger partial charge in [-0.15, -0.1) is 0 Å². The zero-order valence-corrected chi connectivity index (χ0v) is 19.1.